The lowest BCUT2D eigenvalue weighted by atomic mass is 9.88. The maximum Gasteiger partial charge on any atom is 0.0632 e. The normalized spacial score (nSPS) is 26.8. The molecule has 15 heavy (non-hydrogen) atoms. The second kappa shape index (κ2) is 3.91. The first kappa shape index (κ1) is 11.1. The lowest BCUT2D eigenvalue weighted by Crippen LogP contribution is -2.47. The largest absolute Gasteiger partial charge is 0.301 e. The van der Waals surface area contributed by atoms with Gasteiger partial charge in [0.05, 0.1) is 16.7 Å². The molecule has 0 bridgehead atoms. The molecule has 0 unspecified atom stereocenters. The second-order valence-electron chi connectivity index (χ2n) is 5.02. The lowest BCUT2D eigenvalue weighted by Gasteiger charge is -2.43. The number of likely N-dealkylation sites (tertiary alicyclic amines) is 1. The first-order valence-electron chi connectivity index (χ1n) is 5.40. The van der Waals surface area contributed by atoms with Crippen molar-refractivity contribution in [3.05, 3.63) is 16.9 Å². The Kier molecular flexibility index (Phi) is 2.90. The Morgan fingerprint density at radius 2 is 2.27 bits per heavy atom. The van der Waals surface area contributed by atoms with Gasteiger partial charge in [0.2, 0.25) is 0 Å². The molecule has 1 aliphatic heterocycles. The average Bonchev–Trinajstić information content (AvgIpc) is 2.57. The van der Waals surface area contributed by atoms with Crippen LogP contribution in [0.5, 0.6) is 0 Å². The molecule has 0 amide bonds. The van der Waals surface area contributed by atoms with Crippen LogP contribution >= 0.6 is 15.9 Å². The monoisotopic (exact) mass is 271 g/mol. The smallest absolute Gasteiger partial charge is 0.0632 e. The highest BCUT2D eigenvalue weighted by Crippen LogP contribution is 2.33. The number of hydrogen-bond acceptors (Lipinski definition) is 2. The molecule has 2 heterocycles. The van der Waals surface area contributed by atoms with Crippen molar-refractivity contribution < 1.29 is 0 Å². The SMILES string of the molecule is CN1CC[C@@H](n2cc(Br)cn2)CC1(C)C. The number of halogens is 1. The third-order valence-electron chi connectivity index (χ3n) is 3.51. The first-order valence-corrected chi connectivity index (χ1v) is 6.19. The zero-order valence-electron chi connectivity index (χ0n) is 9.57. The molecule has 0 aliphatic carbocycles. The number of rotatable bonds is 1. The van der Waals surface area contributed by atoms with Crippen LogP contribution in [0.15, 0.2) is 16.9 Å². The van der Waals surface area contributed by atoms with E-state index in [0.717, 1.165) is 17.4 Å². The summed E-state index contributed by atoms with van der Waals surface area (Å²) in [5.74, 6) is 0. The quantitative estimate of drug-likeness (QED) is 0.783. The van der Waals surface area contributed by atoms with Gasteiger partial charge in [0, 0.05) is 18.3 Å². The van der Waals surface area contributed by atoms with E-state index in [1.165, 1.54) is 6.42 Å². The fraction of sp³-hybridized carbons (Fsp3) is 0.727. The van der Waals surface area contributed by atoms with E-state index in [4.69, 9.17) is 0 Å². The van der Waals surface area contributed by atoms with Gasteiger partial charge in [-0.05, 0) is 49.7 Å². The van der Waals surface area contributed by atoms with Crippen molar-refractivity contribution >= 4 is 15.9 Å². The molecule has 0 saturated carbocycles. The van der Waals surface area contributed by atoms with E-state index in [1.807, 2.05) is 6.20 Å². The van der Waals surface area contributed by atoms with Gasteiger partial charge in [0.1, 0.15) is 0 Å². The Morgan fingerprint density at radius 1 is 1.53 bits per heavy atom. The fourth-order valence-corrected chi connectivity index (χ4v) is 2.52. The standard InChI is InChI=1S/C11H18BrN3/c1-11(2)6-10(4-5-14(11)3)15-8-9(12)7-13-15/h7-8,10H,4-6H2,1-3H3/t10-/m1/s1. The van der Waals surface area contributed by atoms with E-state index in [9.17, 15) is 0 Å². The molecule has 0 spiro atoms. The van der Waals surface area contributed by atoms with Crippen LogP contribution in [0.2, 0.25) is 0 Å². The van der Waals surface area contributed by atoms with E-state index < -0.39 is 0 Å². The molecule has 0 aromatic carbocycles. The van der Waals surface area contributed by atoms with Gasteiger partial charge in [0.15, 0.2) is 0 Å². The van der Waals surface area contributed by atoms with Crippen LogP contribution in [-0.2, 0) is 0 Å². The number of piperidine rings is 1. The summed E-state index contributed by atoms with van der Waals surface area (Å²) in [5, 5.41) is 4.38. The molecule has 1 atom stereocenters. The van der Waals surface area contributed by atoms with Gasteiger partial charge in [0.25, 0.3) is 0 Å². The molecule has 1 aromatic rings. The summed E-state index contributed by atoms with van der Waals surface area (Å²) in [4.78, 5) is 2.43. The third-order valence-corrected chi connectivity index (χ3v) is 3.92. The van der Waals surface area contributed by atoms with Gasteiger partial charge in [-0.25, -0.2) is 0 Å². The summed E-state index contributed by atoms with van der Waals surface area (Å²) in [6.45, 7) is 5.75. The highest BCUT2D eigenvalue weighted by Gasteiger charge is 2.33. The molecule has 84 valence electrons. The van der Waals surface area contributed by atoms with Crippen molar-refractivity contribution in [2.45, 2.75) is 38.3 Å². The average molecular weight is 272 g/mol. The Morgan fingerprint density at radius 3 is 2.80 bits per heavy atom. The summed E-state index contributed by atoms with van der Waals surface area (Å²) in [5.41, 5.74) is 0.279. The molecule has 1 aliphatic rings. The van der Waals surface area contributed by atoms with Gasteiger partial charge >= 0.3 is 0 Å². The number of hydrogen-bond donors (Lipinski definition) is 0. The molecule has 0 N–H and O–H groups in total. The second-order valence-corrected chi connectivity index (χ2v) is 5.93. The van der Waals surface area contributed by atoms with Crippen molar-refractivity contribution in [3.63, 3.8) is 0 Å². The highest BCUT2D eigenvalue weighted by atomic mass is 79.9. The summed E-state index contributed by atoms with van der Waals surface area (Å²) < 4.78 is 3.16. The van der Waals surface area contributed by atoms with E-state index in [-0.39, 0.29) is 5.54 Å². The molecular formula is C11H18BrN3. The Hall–Kier alpha value is -0.350. The molecule has 0 radical (unpaired) electrons. The summed E-state index contributed by atoms with van der Waals surface area (Å²) in [7, 11) is 2.20. The predicted molar refractivity (Wildman–Crippen MR) is 64.9 cm³/mol. The van der Waals surface area contributed by atoms with Gasteiger partial charge in [-0.15, -0.1) is 0 Å². The van der Waals surface area contributed by atoms with Gasteiger partial charge in [-0.2, -0.15) is 5.10 Å². The Labute approximate surface area is 99.6 Å². The van der Waals surface area contributed by atoms with Gasteiger partial charge < -0.3 is 4.90 Å². The van der Waals surface area contributed by atoms with Crippen LogP contribution in [0.25, 0.3) is 0 Å². The zero-order chi connectivity index (χ0) is 11.1. The van der Waals surface area contributed by atoms with E-state index in [0.29, 0.717) is 6.04 Å². The van der Waals surface area contributed by atoms with Crippen LogP contribution in [0.3, 0.4) is 0 Å². The number of nitrogens with zero attached hydrogens (tertiary/aromatic N) is 3. The zero-order valence-corrected chi connectivity index (χ0v) is 11.2. The summed E-state index contributed by atoms with van der Waals surface area (Å²) >= 11 is 3.45. The summed E-state index contributed by atoms with van der Waals surface area (Å²) in [6, 6.07) is 0.544. The third kappa shape index (κ3) is 2.26. The molecule has 1 saturated heterocycles. The van der Waals surface area contributed by atoms with E-state index in [2.05, 4.69) is 57.7 Å². The maximum absolute atomic E-state index is 4.38. The Bertz CT molecular complexity index is 345. The van der Waals surface area contributed by atoms with Gasteiger partial charge in [-0.1, -0.05) is 0 Å². The first-order chi connectivity index (χ1) is 6.99. The molecule has 2 rings (SSSR count). The molecule has 3 nitrogen and oxygen atoms in total. The number of aromatic nitrogens is 2. The van der Waals surface area contributed by atoms with E-state index in [1.54, 1.807) is 0 Å². The van der Waals surface area contributed by atoms with Gasteiger partial charge in [-0.3, -0.25) is 4.68 Å². The maximum atomic E-state index is 4.38. The van der Waals surface area contributed by atoms with E-state index >= 15 is 0 Å². The van der Waals surface area contributed by atoms with Crippen molar-refractivity contribution in [2.24, 2.45) is 0 Å². The molecule has 1 fully saturated rings. The van der Waals surface area contributed by atoms with Crippen molar-refractivity contribution in [3.8, 4) is 0 Å². The molecule has 4 heteroatoms. The van der Waals surface area contributed by atoms with Crippen molar-refractivity contribution in [1.29, 1.82) is 0 Å². The lowest BCUT2D eigenvalue weighted by molar-refractivity contribution is 0.0718. The molecular weight excluding hydrogens is 254 g/mol. The minimum absolute atomic E-state index is 0.279. The molecule has 1 aromatic heterocycles. The van der Waals surface area contributed by atoms with Crippen LogP contribution < -0.4 is 0 Å². The van der Waals surface area contributed by atoms with Crippen LogP contribution in [0, 0.1) is 0 Å². The van der Waals surface area contributed by atoms with Crippen molar-refractivity contribution in [1.82, 2.24) is 14.7 Å². The van der Waals surface area contributed by atoms with Crippen LogP contribution in [0.1, 0.15) is 32.7 Å². The van der Waals surface area contributed by atoms with Crippen LogP contribution in [0.4, 0.5) is 0 Å². The Balaban J connectivity index is 2.13. The fourth-order valence-electron chi connectivity index (χ4n) is 2.22. The predicted octanol–water partition coefficient (Wildman–Crippen LogP) is 2.69. The van der Waals surface area contributed by atoms with Crippen molar-refractivity contribution in [2.75, 3.05) is 13.6 Å². The topological polar surface area (TPSA) is 21.1 Å². The highest BCUT2D eigenvalue weighted by molar-refractivity contribution is 9.10. The summed E-state index contributed by atoms with van der Waals surface area (Å²) in [6.07, 6.45) is 6.29. The van der Waals surface area contributed by atoms with Crippen LogP contribution in [-0.4, -0.2) is 33.8 Å². The minimum atomic E-state index is 0.279. The minimum Gasteiger partial charge on any atom is -0.301 e.